The Bertz CT molecular complexity index is 778. The Morgan fingerprint density at radius 1 is 0.926 bits per heavy atom. The molecule has 5 heteroatoms. The molecule has 0 spiro atoms. The summed E-state index contributed by atoms with van der Waals surface area (Å²) in [4.78, 5) is 3.39. The molecule has 2 aromatic carbocycles. The van der Waals surface area contributed by atoms with E-state index in [1.165, 1.54) is 17.0 Å². The lowest BCUT2D eigenvalue weighted by molar-refractivity contribution is 0.00728. The van der Waals surface area contributed by atoms with Crippen LogP contribution in [0.15, 0.2) is 72.1 Å². The molecule has 0 saturated heterocycles. The van der Waals surface area contributed by atoms with E-state index >= 15 is 0 Å². The Hall–Kier alpha value is -2.05. The van der Waals surface area contributed by atoms with E-state index in [0.29, 0.717) is 19.7 Å². The van der Waals surface area contributed by atoms with Crippen molar-refractivity contribution in [2.75, 3.05) is 13.2 Å². The number of aliphatic hydroxyl groups is 1. The monoisotopic (exact) mass is 385 g/mol. The number of aliphatic hydroxyl groups excluding tert-OH is 1. The maximum atomic E-state index is 13.2. The molecule has 3 aromatic rings. The molecule has 0 aliphatic carbocycles. The van der Waals surface area contributed by atoms with Crippen LogP contribution >= 0.6 is 11.3 Å². The van der Waals surface area contributed by atoms with Crippen LogP contribution in [0.25, 0.3) is 0 Å². The molecule has 1 heterocycles. The fourth-order valence-electron chi connectivity index (χ4n) is 2.89. The predicted molar refractivity (Wildman–Crippen MR) is 107 cm³/mol. The van der Waals surface area contributed by atoms with Gasteiger partial charge in [-0.05, 0) is 34.7 Å². The summed E-state index contributed by atoms with van der Waals surface area (Å²) in [6.45, 7) is 2.64. The minimum absolute atomic E-state index is 0.238. The van der Waals surface area contributed by atoms with Crippen LogP contribution < -0.4 is 0 Å². The molecule has 27 heavy (non-hydrogen) atoms. The second-order valence-corrected chi connectivity index (χ2v) is 7.56. The highest BCUT2D eigenvalue weighted by Gasteiger charge is 2.14. The molecule has 1 N–H and O–H groups in total. The van der Waals surface area contributed by atoms with Crippen molar-refractivity contribution in [3.63, 3.8) is 0 Å². The lowest BCUT2D eigenvalue weighted by Crippen LogP contribution is -2.34. The van der Waals surface area contributed by atoms with Gasteiger partial charge in [0.05, 0.1) is 19.3 Å². The zero-order valence-electron chi connectivity index (χ0n) is 15.1. The van der Waals surface area contributed by atoms with Crippen molar-refractivity contribution in [2.45, 2.75) is 25.8 Å². The van der Waals surface area contributed by atoms with Gasteiger partial charge in [0, 0.05) is 24.5 Å². The molecule has 0 bridgehead atoms. The summed E-state index contributed by atoms with van der Waals surface area (Å²) in [7, 11) is 0. The van der Waals surface area contributed by atoms with Crippen LogP contribution in [0.4, 0.5) is 4.39 Å². The number of rotatable bonds is 10. The summed E-state index contributed by atoms with van der Waals surface area (Å²) >= 11 is 1.69. The Kier molecular flexibility index (Phi) is 7.54. The SMILES string of the molecule is O[C@@H](COCc1ccccc1)CN(Cc1ccc(F)cc1)Cc1cccs1. The fourth-order valence-corrected chi connectivity index (χ4v) is 3.64. The number of benzene rings is 2. The Morgan fingerprint density at radius 2 is 1.70 bits per heavy atom. The van der Waals surface area contributed by atoms with Crippen LogP contribution in [0.3, 0.4) is 0 Å². The third-order valence-electron chi connectivity index (χ3n) is 4.17. The quantitative estimate of drug-likeness (QED) is 0.559. The molecule has 0 saturated carbocycles. The van der Waals surface area contributed by atoms with Gasteiger partial charge in [-0.1, -0.05) is 48.5 Å². The van der Waals surface area contributed by atoms with Crippen molar-refractivity contribution in [3.05, 3.63) is 93.9 Å². The highest BCUT2D eigenvalue weighted by molar-refractivity contribution is 7.09. The summed E-state index contributed by atoms with van der Waals surface area (Å²) in [5.41, 5.74) is 2.11. The van der Waals surface area contributed by atoms with Crippen LogP contribution in [-0.2, 0) is 24.4 Å². The minimum Gasteiger partial charge on any atom is -0.389 e. The van der Waals surface area contributed by atoms with Gasteiger partial charge in [0.2, 0.25) is 0 Å². The predicted octanol–water partition coefficient (Wildman–Crippen LogP) is 4.47. The molecule has 0 aliphatic heterocycles. The number of thiophene rings is 1. The van der Waals surface area contributed by atoms with Crippen molar-refractivity contribution >= 4 is 11.3 Å². The normalized spacial score (nSPS) is 12.4. The summed E-state index contributed by atoms with van der Waals surface area (Å²) in [6, 6.07) is 20.5. The summed E-state index contributed by atoms with van der Waals surface area (Å²) in [5.74, 6) is -0.238. The third kappa shape index (κ3) is 6.88. The molecule has 3 rings (SSSR count). The maximum Gasteiger partial charge on any atom is 0.123 e. The van der Waals surface area contributed by atoms with Crippen LogP contribution in [0, 0.1) is 5.82 Å². The zero-order valence-corrected chi connectivity index (χ0v) is 15.9. The number of hydrogen-bond donors (Lipinski definition) is 1. The van der Waals surface area contributed by atoms with Gasteiger partial charge in [0.25, 0.3) is 0 Å². The van der Waals surface area contributed by atoms with Crippen molar-refractivity contribution in [3.8, 4) is 0 Å². The maximum absolute atomic E-state index is 13.2. The Balaban J connectivity index is 1.53. The lowest BCUT2D eigenvalue weighted by atomic mass is 10.2. The second kappa shape index (κ2) is 10.3. The van der Waals surface area contributed by atoms with Gasteiger partial charge in [-0.25, -0.2) is 4.39 Å². The lowest BCUT2D eigenvalue weighted by Gasteiger charge is -2.25. The number of hydrogen-bond acceptors (Lipinski definition) is 4. The highest BCUT2D eigenvalue weighted by Crippen LogP contribution is 2.15. The molecule has 0 unspecified atom stereocenters. The molecule has 0 amide bonds. The first-order valence-corrected chi connectivity index (χ1v) is 9.86. The van der Waals surface area contributed by atoms with Gasteiger partial charge in [-0.2, -0.15) is 0 Å². The van der Waals surface area contributed by atoms with Crippen molar-refractivity contribution < 1.29 is 14.2 Å². The first-order valence-electron chi connectivity index (χ1n) is 8.98. The standard InChI is InChI=1S/C22H24FNO2S/c23-20-10-8-18(9-11-20)13-24(15-22-7-4-12-27-22)14-21(25)17-26-16-19-5-2-1-3-6-19/h1-12,21,25H,13-17H2/t21-/m1/s1. The molecular formula is C22H24FNO2S. The van der Waals surface area contributed by atoms with Gasteiger partial charge >= 0.3 is 0 Å². The smallest absolute Gasteiger partial charge is 0.123 e. The van der Waals surface area contributed by atoms with E-state index in [1.807, 2.05) is 41.8 Å². The van der Waals surface area contributed by atoms with Crippen LogP contribution in [-0.4, -0.2) is 29.3 Å². The topological polar surface area (TPSA) is 32.7 Å². The molecule has 1 atom stereocenters. The van der Waals surface area contributed by atoms with Gasteiger partial charge in [0.1, 0.15) is 5.82 Å². The van der Waals surface area contributed by atoms with Gasteiger partial charge in [0.15, 0.2) is 0 Å². The molecule has 142 valence electrons. The average Bonchev–Trinajstić information content (AvgIpc) is 3.17. The van der Waals surface area contributed by atoms with Crippen LogP contribution in [0.2, 0.25) is 0 Å². The molecule has 0 radical (unpaired) electrons. The number of halogens is 1. The number of nitrogens with zero attached hydrogens (tertiary/aromatic N) is 1. The van der Waals surface area contributed by atoms with E-state index in [1.54, 1.807) is 23.5 Å². The summed E-state index contributed by atoms with van der Waals surface area (Å²) in [5, 5.41) is 12.5. The average molecular weight is 386 g/mol. The molecule has 1 aromatic heterocycles. The second-order valence-electron chi connectivity index (χ2n) is 6.53. The first-order chi connectivity index (χ1) is 13.2. The minimum atomic E-state index is -0.589. The van der Waals surface area contributed by atoms with Gasteiger partial charge in [-0.3, -0.25) is 4.90 Å². The van der Waals surface area contributed by atoms with Crippen LogP contribution in [0.5, 0.6) is 0 Å². The molecule has 0 fully saturated rings. The van der Waals surface area contributed by atoms with E-state index < -0.39 is 6.10 Å². The van der Waals surface area contributed by atoms with Crippen molar-refractivity contribution in [2.24, 2.45) is 0 Å². The molecular weight excluding hydrogens is 361 g/mol. The number of ether oxygens (including phenoxy) is 1. The molecule has 3 nitrogen and oxygen atoms in total. The van der Waals surface area contributed by atoms with Crippen molar-refractivity contribution in [1.29, 1.82) is 0 Å². The first kappa shape index (κ1) is 19.7. The molecule has 0 aliphatic rings. The van der Waals surface area contributed by atoms with E-state index in [2.05, 4.69) is 11.0 Å². The van der Waals surface area contributed by atoms with E-state index in [4.69, 9.17) is 4.74 Å². The largest absolute Gasteiger partial charge is 0.389 e. The van der Waals surface area contributed by atoms with E-state index in [-0.39, 0.29) is 12.4 Å². The summed E-state index contributed by atoms with van der Waals surface area (Å²) in [6.07, 6.45) is -0.589. The Labute approximate surface area is 163 Å². The van der Waals surface area contributed by atoms with Crippen molar-refractivity contribution in [1.82, 2.24) is 4.90 Å². The van der Waals surface area contributed by atoms with E-state index in [9.17, 15) is 9.50 Å². The third-order valence-corrected chi connectivity index (χ3v) is 5.03. The Morgan fingerprint density at radius 3 is 2.41 bits per heavy atom. The van der Waals surface area contributed by atoms with Crippen LogP contribution in [0.1, 0.15) is 16.0 Å². The highest BCUT2D eigenvalue weighted by atomic mass is 32.1. The van der Waals surface area contributed by atoms with E-state index in [0.717, 1.165) is 17.7 Å². The summed E-state index contributed by atoms with van der Waals surface area (Å²) < 4.78 is 18.8. The van der Waals surface area contributed by atoms with Gasteiger partial charge in [-0.15, -0.1) is 11.3 Å². The zero-order chi connectivity index (χ0) is 18.9. The fraction of sp³-hybridized carbons (Fsp3) is 0.273. The van der Waals surface area contributed by atoms with Gasteiger partial charge < -0.3 is 9.84 Å².